The Morgan fingerprint density at radius 3 is 2.44 bits per heavy atom. The molecule has 1 saturated carbocycles. The Morgan fingerprint density at radius 2 is 1.81 bits per heavy atom. The van der Waals surface area contributed by atoms with Gasteiger partial charge in [0.15, 0.2) is 0 Å². The monoisotopic (exact) mass is 225 g/mol. The molecule has 0 aromatic carbocycles. The highest BCUT2D eigenvalue weighted by atomic mass is 14.7. The Kier molecular flexibility index (Phi) is 6.41. The molecule has 0 heterocycles. The van der Waals surface area contributed by atoms with E-state index >= 15 is 0 Å². The van der Waals surface area contributed by atoms with Crippen LogP contribution in [0.15, 0.2) is 0 Å². The van der Waals surface area contributed by atoms with Crippen LogP contribution in [0.5, 0.6) is 0 Å². The first-order valence-electron chi connectivity index (χ1n) is 7.40. The Bertz CT molecular complexity index is 178. The van der Waals surface area contributed by atoms with Gasteiger partial charge in [0.2, 0.25) is 0 Å². The van der Waals surface area contributed by atoms with E-state index in [0.717, 1.165) is 17.8 Å². The minimum absolute atomic E-state index is 0.479. The number of rotatable bonds is 6. The molecule has 0 spiro atoms. The minimum atomic E-state index is 0.479. The van der Waals surface area contributed by atoms with Gasteiger partial charge in [-0.3, -0.25) is 0 Å². The van der Waals surface area contributed by atoms with Gasteiger partial charge in [-0.25, -0.2) is 0 Å². The van der Waals surface area contributed by atoms with Crippen molar-refractivity contribution in [3.8, 4) is 0 Å². The van der Waals surface area contributed by atoms with Gasteiger partial charge in [0.25, 0.3) is 0 Å². The molecule has 1 heteroatoms. The van der Waals surface area contributed by atoms with Crippen LogP contribution < -0.4 is 5.73 Å². The molecule has 16 heavy (non-hydrogen) atoms. The molecule has 1 aliphatic rings. The summed E-state index contributed by atoms with van der Waals surface area (Å²) in [4.78, 5) is 0. The Balaban J connectivity index is 2.18. The average molecular weight is 225 g/mol. The van der Waals surface area contributed by atoms with Gasteiger partial charge in [-0.1, -0.05) is 52.9 Å². The van der Waals surface area contributed by atoms with Crippen molar-refractivity contribution in [2.24, 2.45) is 23.5 Å². The van der Waals surface area contributed by atoms with Crippen LogP contribution in [0.2, 0.25) is 0 Å². The summed E-state index contributed by atoms with van der Waals surface area (Å²) in [6, 6.07) is 0.479. The number of hydrogen-bond acceptors (Lipinski definition) is 1. The van der Waals surface area contributed by atoms with Crippen molar-refractivity contribution in [1.82, 2.24) is 0 Å². The van der Waals surface area contributed by atoms with Crippen molar-refractivity contribution in [1.29, 1.82) is 0 Å². The highest BCUT2D eigenvalue weighted by Gasteiger charge is 2.27. The van der Waals surface area contributed by atoms with Crippen LogP contribution in [-0.2, 0) is 0 Å². The van der Waals surface area contributed by atoms with Gasteiger partial charge in [0.05, 0.1) is 0 Å². The number of hydrogen-bond donors (Lipinski definition) is 1. The van der Waals surface area contributed by atoms with Gasteiger partial charge in [-0.05, 0) is 37.0 Å². The van der Waals surface area contributed by atoms with Crippen molar-refractivity contribution in [3.63, 3.8) is 0 Å². The lowest BCUT2D eigenvalue weighted by Crippen LogP contribution is -2.35. The van der Waals surface area contributed by atoms with Gasteiger partial charge in [-0.2, -0.15) is 0 Å². The van der Waals surface area contributed by atoms with Crippen LogP contribution in [0.3, 0.4) is 0 Å². The van der Waals surface area contributed by atoms with E-state index in [1.807, 2.05) is 0 Å². The third-order valence-corrected chi connectivity index (χ3v) is 4.64. The van der Waals surface area contributed by atoms with Crippen molar-refractivity contribution in [2.45, 2.75) is 78.2 Å². The summed E-state index contributed by atoms with van der Waals surface area (Å²) in [6.45, 7) is 7.07. The largest absolute Gasteiger partial charge is 0.327 e. The van der Waals surface area contributed by atoms with E-state index in [2.05, 4.69) is 20.8 Å². The van der Waals surface area contributed by atoms with Crippen molar-refractivity contribution >= 4 is 0 Å². The Hall–Kier alpha value is -0.0400. The van der Waals surface area contributed by atoms with E-state index < -0.39 is 0 Å². The van der Waals surface area contributed by atoms with E-state index in [1.165, 1.54) is 51.4 Å². The second-order valence-corrected chi connectivity index (χ2v) is 6.04. The zero-order valence-corrected chi connectivity index (χ0v) is 11.5. The van der Waals surface area contributed by atoms with E-state index in [0.29, 0.717) is 6.04 Å². The van der Waals surface area contributed by atoms with Gasteiger partial charge in [-0.15, -0.1) is 0 Å². The molecule has 1 nitrogen and oxygen atoms in total. The summed E-state index contributed by atoms with van der Waals surface area (Å²) in [7, 11) is 0. The Morgan fingerprint density at radius 1 is 1.06 bits per heavy atom. The Labute approximate surface area is 102 Å². The topological polar surface area (TPSA) is 26.0 Å². The lowest BCUT2D eigenvalue weighted by Gasteiger charge is -2.35. The maximum Gasteiger partial charge on any atom is 0.00672 e. The van der Waals surface area contributed by atoms with E-state index in [4.69, 9.17) is 5.73 Å². The molecule has 0 bridgehead atoms. The molecule has 0 saturated heterocycles. The first kappa shape index (κ1) is 14.0. The molecule has 0 radical (unpaired) electrons. The fourth-order valence-corrected chi connectivity index (χ4v) is 3.02. The predicted octanol–water partition coefficient (Wildman–Crippen LogP) is 4.36. The van der Waals surface area contributed by atoms with Crippen LogP contribution in [0.25, 0.3) is 0 Å². The zero-order chi connectivity index (χ0) is 12.0. The first-order valence-corrected chi connectivity index (χ1v) is 7.40. The van der Waals surface area contributed by atoms with Gasteiger partial charge >= 0.3 is 0 Å². The van der Waals surface area contributed by atoms with Crippen LogP contribution in [0.1, 0.15) is 72.1 Å². The summed E-state index contributed by atoms with van der Waals surface area (Å²) in [5, 5.41) is 0. The van der Waals surface area contributed by atoms with Crippen LogP contribution in [0.4, 0.5) is 0 Å². The highest BCUT2D eigenvalue weighted by Crippen LogP contribution is 2.35. The summed E-state index contributed by atoms with van der Waals surface area (Å²) >= 11 is 0. The van der Waals surface area contributed by atoms with E-state index in [9.17, 15) is 0 Å². The van der Waals surface area contributed by atoms with Crippen LogP contribution in [0, 0.1) is 17.8 Å². The molecule has 1 rings (SSSR count). The molecule has 1 fully saturated rings. The molecular weight excluding hydrogens is 194 g/mol. The lowest BCUT2D eigenvalue weighted by molar-refractivity contribution is 0.180. The SMILES string of the molecule is CCCCCCC(N)C1CCC(C)C(C)C1. The first-order chi connectivity index (χ1) is 7.65. The van der Waals surface area contributed by atoms with Gasteiger partial charge < -0.3 is 5.73 Å². The predicted molar refractivity (Wildman–Crippen MR) is 72.4 cm³/mol. The second-order valence-electron chi connectivity index (χ2n) is 6.04. The van der Waals surface area contributed by atoms with Crippen LogP contribution in [-0.4, -0.2) is 6.04 Å². The smallest absolute Gasteiger partial charge is 0.00672 e. The number of unbranched alkanes of at least 4 members (excludes halogenated alkanes) is 3. The summed E-state index contributed by atoms with van der Waals surface area (Å²) in [5.74, 6) is 2.62. The molecule has 1 aliphatic carbocycles. The summed E-state index contributed by atoms with van der Waals surface area (Å²) in [6.07, 6.45) is 10.8. The van der Waals surface area contributed by atoms with Gasteiger partial charge in [0, 0.05) is 6.04 Å². The number of nitrogens with two attached hydrogens (primary N) is 1. The third-order valence-electron chi connectivity index (χ3n) is 4.64. The molecule has 0 aromatic rings. The molecule has 2 N–H and O–H groups in total. The molecule has 0 aliphatic heterocycles. The fourth-order valence-electron chi connectivity index (χ4n) is 3.02. The lowest BCUT2D eigenvalue weighted by atomic mass is 9.72. The van der Waals surface area contributed by atoms with Crippen molar-refractivity contribution in [2.75, 3.05) is 0 Å². The van der Waals surface area contributed by atoms with Crippen molar-refractivity contribution < 1.29 is 0 Å². The maximum absolute atomic E-state index is 6.34. The molecule has 4 unspecified atom stereocenters. The minimum Gasteiger partial charge on any atom is -0.327 e. The van der Waals surface area contributed by atoms with Crippen LogP contribution >= 0.6 is 0 Å². The maximum atomic E-state index is 6.34. The van der Waals surface area contributed by atoms with E-state index in [1.54, 1.807) is 0 Å². The fraction of sp³-hybridized carbons (Fsp3) is 1.00. The molecule has 4 atom stereocenters. The normalized spacial score (nSPS) is 32.6. The standard InChI is InChI=1S/C15H31N/c1-4-5-6-7-8-15(16)14-10-9-12(2)13(3)11-14/h12-15H,4-11,16H2,1-3H3. The summed E-state index contributed by atoms with van der Waals surface area (Å²) < 4.78 is 0. The molecule has 96 valence electrons. The quantitative estimate of drug-likeness (QED) is 0.668. The molecule has 0 amide bonds. The molecule has 0 aromatic heterocycles. The summed E-state index contributed by atoms with van der Waals surface area (Å²) in [5.41, 5.74) is 6.34. The highest BCUT2D eigenvalue weighted by molar-refractivity contribution is 4.81. The van der Waals surface area contributed by atoms with E-state index in [-0.39, 0.29) is 0 Å². The van der Waals surface area contributed by atoms with Gasteiger partial charge in [0.1, 0.15) is 0 Å². The zero-order valence-electron chi connectivity index (χ0n) is 11.5. The third kappa shape index (κ3) is 4.45. The van der Waals surface area contributed by atoms with Crippen molar-refractivity contribution in [3.05, 3.63) is 0 Å². The second kappa shape index (κ2) is 7.32. The molecular formula is C15H31N. The average Bonchev–Trinajstić information content (AvgIpc) is 2.28.